The van der Waals surface area contributed by atoms with E-state index in [2.05, 4.69) is 59.1 Å². The Morgan fingerprint density at radius 1 is 1.19 bits per heavy atom. The molecular weight excluding hydrogens is 362 g/mol. The third kappa shape index (κ3) is 4.99. The highest BCUT2D eigenvalue weighted by Gasteiger charge is 2.37. The molecule has 0 saturated heterocycles. The minimum Gasteiger partial charge on any atom is -0.417 e. The van der Waals surface area contributed by atoms with Gasteiger partial charge in [-0.1, -0.05) is 58.4 Å². The van der Waals surface area contributed by atoms with Gasteiger partial charge in [-0.2, -0.15) is 0 Å². The Morgan fingerprint density at radius 2 is 1.85 bits per heavy atom. The molecule has 0 saturated carbocycles. The quantitative estimate of drug-likeness (QED) is 0.442. The molecular formula is C21H32ClNO2Si. The predicted octanol–water partition coefficient (Wildman–Crippen LogP) is 6.50. The molecule has 3 nitrogen and oxygen atoms in total. The van der Waals surface area contributed by atoms with E-state index in [1.807, 2.05) is 12.1 Å². The zero-order valence-electron chi connectivity index (χ0n) is 17.1. The van der Waals surface area contributed by atoms with Crippen molar-refractivity contribution >= 4 is 37.1 Å². The molecule has 1 amide bonds. The van der Waals surface area contributed by atoms with Crippen molar-refractivity contribution < 1.29 is 9.22 Å². The highest BCUT2D eigenvalue weighted by Crippen LogP contribution is 2.38. The Morgan fingerprint density at radius 3 is 2.46 bits per heavy atom. The maximum atomic E-state index is 12.3. The molecule has 1 aromatic carbocycles. The number of nitrogens with one attached hydrogen (secondary N) is 1. The zero-order valence-corrected chi connectivity index (χ0v) is 18.9. The van der Waals surface area contributed by atoms with Crippen LogP contribution in [0.3, 0.4) is 0 Å². The van der Waals surface area contributed by atoms with Gasteiger partial charge in [0.25, 0.3) is 5.91 Å². The van der Waals surface area contributed by atoms with E-state index < -0.39 is 8.32 Å². The number of halogens is 1. The Kier molecular flexibility index (Phi) is 6.11. The monoisotopic (exact) mass is 393 g/mol. The van der Waals surface area contributed by atoms with Gasteiger partial charge >= 0.3 is 0 Å². The molecule has 2 rings (SSSR count). The number of carbonyl (C=O) groups is 1. The third-order valence-electron chi connectivity index (χ3n) is 5.67. The fraction of sp³-hybridized carbons (Fsp3) is 0.571. The van der Waals surface area contributed by atoms with E-state index in [0.717, 1.165) is 36.3 Å². The van der Waals surface area contributed by atoms with Crippen LogP contribution in [-0.2, 0) is 9.22 Å². The minimum atomic E-state index is -1.71. The van der Waals surface area contributed by atoms with E-state index >= 15 is 0 Å². The fourth-order valence-electron chi connectivity index (χ4n) is 2.65. The number of rotatable bonds is 6. The molecule has 1 aliphatic heterocycles. The van der Waals surface area contributed by atoms with E-state index in [-0.39, 0.29) is 16.4 Å². The number of carbonyl (C=O) groups excluding carboxylic acids is 1. The summed E-state index contributed by atoms with van der Waals surface area (Å²) < 4.78 is 6.32. The molecule has 0 fully saturated rings. The molecule has 1 aromatic rings. The zero-order chi connectivity index (χ0) is 19.8. The predicted molar refractivity (Wildman–Crippen MR) is 114 cm³/mol. The number of benzene rings is 1. The second-order valence-corrected chi connectivity index (χ2v) is 14.7. The van der Waals surface area contributed by atoms with Crippen LogP contribution in [0.5, 0.6) is 0 Å². The summed E-state index contributed by atoms with van der Waals surface area (Å²) in [5.41, 5.74) is 2.56. The van der Waals surface area contributed by atoms with Crippen molar-refractivity contribution in [3.8, 4) is 0 Å². The summed E-state index contributed by atoms with van der Waals surface area (Å²) in [6.07, 6.45) is 3.86. The van der Waals surface area contributed by atoms with Crippen LogP contribution in [0.4, 0.5) is 5.69 Å². The first kappa shape index (κ1) is 21.2. The molecule has 0 aliphatic carbocycles. The van der Waals surface area contributed by atoms with Crippen LogP contribution in [0.25, 0.3) is 5.57 Å². The van der Waals surface area contributed by atoms with E-state index in [9.17, 15) is 4.79 Å². The number of anilines is 1. The maximum absolute atomic E-state index is 12.3. The number of hydrogen-bond donors (Lipinski definition) is 1. The van der Waals surface area contributed by atoms with Gasteiger partial charge in [-0.05, 0) is 48.5 Å². The molecule has 0 atom stereocenters. The van der Waals surface area contributed by atoms with Crippen LogP contribution >= 0.6 is 11.6 Å². The highest BCUT2D eigenvalue weighted by molar-refractivity contribution is 6.74. The van der Waals surface area contributed by atoms with Crippen LogP contribution in [0.2, 0.25) is 23.2 Å². The molecule has 1 aliphatic rings. The summed E-state index contributed by atoms with van der Waals surface area (Å²) in [4.78, 5) is 12.3. The molecule has 0 radical (unpaired) electrons. The second kappa shape index (κ2) is 7.49. The van der Waals surface area contributed by atoms with Crippen molar-refractivity contribution in [3.63, 3.8) is 0 Å². The van der Waals surface area contributed by atoms with Gasteiger partial charge in [0, 0.05) is 22.8 Å². The largest absolute Gasteiger partial charge is 0.417 e. The molecule has 144 valence electrons. The van der Waals surface area contributed by atoms with Crippen molar-refractivity contribution in [2.24, 2.45) is 5.41 Å². The number of fused-ring (bicyclic) bond motifs is 1. The normalized spacial score (nSPS) is 16.8. The Labute approximate surface area is 164 Å². The number of amides is 1. The van der Waals surface area contributed by atoms with Gasteiger partial charge in [0.05, 0.1) is 5.69 Å². The Balaban J connectivity index is 2.00. The average molecular weight is 394 g/mol. The second-order valence-electron chi connectivity index (χ2n) is 9.49. The lowest BCUT2D eigenvalue weighted by molar-refractivity contribution is -0.110. The van der Waals surface area contributed by atoms with Crippen molar-refractivity contribution in [1.82, 2.24) is 0 Å². The van der Waals surface area contributed by atoms with Crippen LogP contribution < -0.4 is 5.32 Å². The molecule has 0 unspecified atom stereocenters. The lowest BCUT2D eigenvalue weighted by atomic mass is 9.85. The topological polar surface area (TPSA) is 38.3 Å². The van der Waals surface area contributed by atoms with Gasteiger partial charge in [0.1, 0.15) is 0 Å². The lowest BCUT2D eigenvalue weighted by Crippen LogP contribution is -2.41. The van der Waals surface area contributed by atoms with Gasteiger partial charge in [-0.25, -0.2) is 0 Å². The summed E-state index contributed by atoms with van der Waals surface area (Å²) >= 11 is 6.01. The van der Waals surface area contributed by atoms with Gasteiger partial charge in [-0.3, -0.25) is 4.79 Å². The standard InChI is InChI=1S/C21H32ClNO2Si/c1-20(2,3)26(6,7)25-13-12-21(4,5)11-10-17-16-9-8-15(22)14-18(16)23-19(17)24/h8-10,14H,11-13H2,1-7H3,(H,23,24). The highest BCUT2D eigenvalue weighted by atomic mass is 35.5. The Hall–Kier alpha value is -1.10. The molecule has 0 spiro atoms. The molecule has 5 heteroatoms. The molecule has 1 N–H and O–H groups in total. The summed E-state index contributed by atoms with van der Waals surface area (Å²) in [6.45, 7) is 16.6. The number of hydrogen-bond acceptors (Lipinski definition) is 2. The summed E-state index contributed by atoms with van der Waals surface area (Å²) in [5, 5.41) is 3.75. The smallest absolute Gasteiger partial charge is 0.256 e. The van der Waals surface area contributed by atoms with Crippen molar-refractivity contribution in [1.29, 1.82) is 0 Å². The average Bonchev–Trinajstić information content (AvgIpc) is 2.78. The summed E-state index contributed by atoms with van der Waals surface area (Å²) in [5.74, 6) is -0.0458. The Bertz CT molecular complexity index is 717. The molecule has 26 heavy (non-hydrogen) atoms. The lowest BCUT2D eigenvalue weighted by Gasteiger charge is -2.37. The maximum Gasteiger partial charge on any atom is 0.256 e. The van der Waals surface area contributed by atoms with Gasteiger partial charge < -0.3 is 9.74 Å². The molecule has 0 aromatic heterocycles. The van der Waals surface area contributed by atoms with Crippen molar-refractivity contribution in [3.05, 3.63) is 34.9 Å². The van der Waals surface area contributed by atoms with E-state index in [0.29, 0.717) is 5.02 Å². The van der Waals surface area contributed by atoms with Crippen molar-refractivity contribution in [2.75, 3.05) is 11.9 Å². The fourth-order valence-corrected chi connectivity index (χ4v) is 3.87. The van der Waals surface area contributed by atoms with Gasteiger partial charge in [0.2, 0.25) is 0 Å². The first-order chi connectivity index (χ1) is 11.8. The third-order valence-corrected chi connectivity index (χ3v) is 10.4. The minimum absolute atomic E-state index is 0.0458. The van der Waals surface area contributed by atoms with Crippen LogP contribution in [-0.4, -0.2) is 20.8 Å². The van der Waals surface area contributed by atoms with E-state index in [1.54, 1.807) is 6.07 Å². The number of allylic oxidation sites excluding steroid dienone is 1. The van der Waals surface area contributed by atoms with Crippen LogP contribution in [0.1, 0.15) is 53.0 Å². The summed E-state index contributed by atoms with van der Waals surface area (Å²) in [7, 11) is -1.71. The first-order valence-electron chi connectivity index (χ1n) is 9.28. The van der Waals surface area contributed by atoms with Crippen LogP contribution in [0.15, 0.2) is 24.3 Å². The van der Waals surface area contributed by atoms with Gasteiger partial charge in [0.15, 0.2) is 8.32 Å². The summed E-state index contributed by atoms with van der Waals surface area (Å²) in [6, 6.07) is 5.54. The van der Waals surface area contributed by atoms with E-state index in [1.165, 1.54) is 0 Å². The van der Waals surface area contributed by atoms with Gasteiger partial charge in [-0.15, -0.1) is 0 Å². The van der Waals surface area contributed by atoms with Crippen LogP contribution in [0, 0.1) is 5.41 Å². The molecule has 1 heterocycles. The SMILES string of the molecule is CC(C)(CC=C1C(=O)Nc2cc(Cl)ccc21)CCO[Si](C)(C)C(C)(C)C. The first-order valence-corrected chi connectivity index (χ1v) is 12.6. The van der Waals surface area contributed by atoms with E-state index in [4.69, 9.17) is 16.0 Å². The van der Waals surface area contributed by atoms with Crippen molar-refractivity contribution in [2.45, 2.75) is 65.6 Å². The molecule has 0 bridgehead atoms.